The zero-order valence-corrected chi connectivity index (χ0v) is 11.9. The Bertz CT molecular complexity index is 641. The molecule has 0 bridgehead atoms. The second-order valence-corrected chi connectivity index (χ2v) is 5.44. The average Bonchev–Trinajstić information content (AvgIpc) is 2.89. The molecule has 0 aliphatic heterocycles. The fourth-order valence-electron chi connectivity index (χ4n) is 3.05. The Kier molecular flexibility index (Phi) is 3.74. The first kappa shape index (κ1) is 13.2. The van der Waals surface area contributed by atoms with Gasteiger partial charge in [0.25, 0.3) is 5.56 Å². The van der Waals surface area contributed by atoms with E-state index in [-0.39, 0.29) is 5.56 Å². The molecule has 0 saturated heterocycles. The van der Waals surface area contributed by atoms with Crippen molar-refractivity contribution in [2.45, 2.75) is 38.4 Å². The number of nitrogens with zero attached hydrogens (tertiary/aromatic N) is 2. The summed E-state index contributed by atoms with van der Waals surface area (Å²) in [6.45, 7) is 1.56. The topological polar surface area (TPSA) is 39.0 Å². The molecule has 2 aromatic rings. The molecule has 0 fully saturated rings. The molecule has 1 aliphatic rings. The quantitative estimate of drug-likeness (QED) is 0.923. The summed E-state index contributed by atoms with van der Waals surface area (Å²) >= 11 is 0. The summed E-state index contributed by atoms with van der Waals surface area (Å²) < 4.78 is 3.98. The lowest BCUT2D eigenvalue weighted by atomic mass is 9.91. The highest BCUT2D eigenvalue weighted by atomic mass is 16.1. The minimum atomic E-state index is 0.0671. The van der Waals surface area contributed by atoms with Gasteiger partial charge in [0.05, 0.1) is 0 Å². The van der Waals surface area contributed by atoms with Gasteiger partial charge in [-0.25, -0.2) is 0 Å². The molecule has 4 nitrogen and oxygen atoms in total. The molecule has 0 saturated carbocycles. The Hall–Kier alpha value is -1.81. The second-order valence-electron chi connectivity index (χ2n) is 5.44. The highest BCUT2D eigenvalue weighted by molar-refractivity contribution is 5.30. The number of nitrogens with one attached hydrogen (secondary N) is 1. The van der Waals surface area contributed by atoms with E-state index < -0.39 is 0 Å². The molecule has 4 heteroatoms. The molecule has 1 atom stereocenters. The van der Waals surface area contributed by atoms with Crippen LogP contribution >= 0.6 is 0 Å². The van der Waals surface area contributed by atoms with E-state index in [9.17, 15) is 4.79 Å². The third kappa shape index (κ3) is 2.56. The van der Waals surface area contributed by atoms with Crippen molar-refractivity contribution in [3.05, 3.63) is 58.3 Å². The number of rotatable bonds is 4. The second kappa shape index (κ2) is 5.67. The van der Waals surface area contributed by atoms with Crippen molar-refractivity contribution in [1.29, 1.82) is 0 Å². The van der Waals surface area contributed by atoms with E-state index in [1.807, 2.05) is 19.3 Å². The van der Waals surface area contributed by atoms with E-state index in [4.69, 9.17) is 0 Å². The van der Waals surface area contributed by atoms with Gasteiger partial charge in [0.2, 0.25) is 0 Å². The molecular weight excluding hydrogens is 250 g/mol. The minimum absolute atomic E-state index is 0.0671. The van der Waals surface area contributed by atoms with Gasteiger partial charge in [-0.15, -0.1) is 0 Å². The summed E-state index contributed by atoms with van der Waals surface area (Å²) in [5, 5.41) is 3.39. The van der Waals surface area contributed by atoms with Gasteiger partial charge in [-0.05, 0) is 43.5 Å². The maximum absolute atomic E-state index is 11.7. The third-order valence-corrected chi connectivity index (χ3v) is 4.16. The molecule has 0 amide bonds. The summed E-state index contributed by atoms with van der Waals surface area (Å²) in [4.78, 5) is 11.7. The van der Waals surface area contributed by atoms with Crippen molar-refractivity contribution >= 4 is 0 Å². The van der Waals surface area contributed by atoms with Crippen molar-refractivity contribution in [3.8, 4) is 0 Å². The van der Waals surface area contributed by atoms with E-state index >= 15 is 0 Å². The summed E-state index contributed by atoms with van der Waals surface area (Å²) in [7, 11) is 2.03. The lowest BCUT2D eigenvalue weighted by Gasteiger charge is -2.21. The third-order valence-electron chi connectivity index (χ3n) is 4.16. The van der Waals surface area contributed by atoms with Gasteiger partial charge in [-0.1, -0.05) is 6.07 Å². The van der Waals surface area contributed by atoms with Crippen LogP contribution < -0.4 is 10.9 Å². The Labute approximate surface area is 119 Å². The maximum atomic E-state index is 11.7. The predicted molar refractivity (Wildman–Crippen MR) is 79.9 cm³/mol. The molecule has 2 aromatic heterocycles. The number of fused-ring (bicyclic) bond motifs is 1. The van der Waals surface area contributed by atoms with E-state index in [0.29, 0.717) is 6.04 Å². The maximum Gasteiger partial charge on any atom is 0.250 e. The van der Waals surface area contributed by atoms with Gasteiger partial charge in [-0.3, -0.25) is 4.79 Å². The van der Waals surface area contributed by atoms with Crippen LogP contribution in [0.1, 0.15) is 30.0 Å². The Morgan fingerprint density at radius 2 is 2.20 bits per heavy atom. The number of aromatic nitrogens is 2. The number of hydrogen-bond donors (Lipinski definition) is 1. The molecule has 1 N–H and O–H groups in total. The zero-order chi connectivity index (χ0) is 13.9. The predicted octanol–water partition coefficient (Wildman–Crippen LogP) is 1.95. The van der Waals surface area contributed by atoms with Crippen LogP contribution in [0.2, 0.25) is 0 Å². The summed E-state index contributed by atoms with van der Waals surface area (Å²) in [5.41, 5.74) is 2.95. The normalized spacial score (nSPS) is 17.9. The van der Waals surface area contributed by atoms with Gasteiger partial charge in [0, 0.05) is 43.8 Å². The van der Waals surface area contributed by atoms with Crippen LogP contribution in [0.15, 0.2) is 41.6 Å². The molecule has 0 radical (unpaired) electrons. The molecule has 0 aromatic carbocycles. The van der Waals surface area contributed by atoms with Gasteiger partial charge in [0.15, 0.2) is 0 Å². The standard InChI is InChI=1S/C16H21N3O/c1-17-15-6-4-5-13-11-18(12-14(13)15)9-10-19-8-3-2-7-16(19)20/h2-3,7-8,11-12,15,17H,4-6,9-10H2,1H3. The van der Waals surface area contributed by atoms with Crippen molar-refractivity contribution in [2.24, 2.45) is 0 Å². The average molecular weight is 271 g/mol. The van der Waals surface area contributed by atoms with Gasteiger partial charge >= 0.3 is 0 Å². The summed E-state index contributed by atoms with van der Waals surface area (Å²) in [5.74, 6) is 0. The van der Waals surface area contributed by atoms with Crippen LogP contribution in [0.4, 0.5) is 0 Å². The highest BCUT2D eigenvalue weighted by Crippen LogP contribution is 2.30. The van der Waals surface area contributed by atoms with Gasteiger partial charge < -0.3 is 14.5 Å². The van der Waals surface area contributed by atoms with Crippen LogP contribution in [0.25, 0.3) is 0 Å². The largest absolute Gasteiger partial charge is 0.352 e. The smallest absolute Gasteiger partial charge is 0.250 e. The Balaban J connectivity index is 1.74. The van der Waals surface area contributed by atoms with E-state index in [0.717, 1.165) is 13.1 Å². The van der Waals surface area contributed by atoms with Crippen LogP contribution in [-0.2, 0) is 19.5 Å². The van der Waals surface area contributed by atoms with Crippen molar-refractivity contribution in [3.63, 3.8) is 0 Å². The first-order valence-corrected chi connectivity index (χ1v) is 7.29. The fraction of sp³-hybridized carbons (Fsp3) is 0.438. The highest BCUT2D eigenvalue weighted by Gasteiger charge is 2.20. The number of aryl methyl sites for hydroxylation is 3. The molecular formula is C16H21N3O. The molecule has 1 unspecified atom stereocenters. The summed E-state index contributed by atoms with van der Waals surface area (Å²) in [6, 6.07) is 5.78. The molecule has 3 rings (SSSR count). The first-order valence-electron chi connectivity index (χ1n) is 7.29. The zero-order valence-electron chi connectivity index (χ0n) is 11.9. The van der Waals surface area contributed by atoms with Crippen molar-refractivity contribution in [2.75, 3.05) is 7.05 Å². The molecule has 1 aliphatic carbocycles. The molecule has 2 heterocycles. The van der Waals surface area contributed by atoms with Gasteiger partial charge in [0.1, 0.15) is 0 Å². The van der Waals surface area contributed by atoms with Crippen LogP contribution in [0.3, 0.4) is 0 Å². The number of pyridine rings is 1. The van der Waals surface area contributed by atoms with E-state index in [1.54, 1.807) is 16.7 Å². The van der Waals surface area contributed by atoms with Crippen molar-refractivity contribution in [1.82, 2.24) is 14.5 Å². The first-order chi connectivity index (χ1) is 9.78. The van der Waals surface area contributed by atoms with Gasteiger partial charge in [-0.2, -0.15) is 0 Å². The van der Waals surface area contributed by atoms with Crippen LogP contribution in [0, 0.1) is 0 Å². The van der Waals surface area contributed by atoms with E-state index in [1.165, 1.54) is 30.4 Å². The monoisotopic (exact) mass is 271 g/mol. The molecule has 106 valence electrons. The van der Waals surface area contributed by atoms with Crippen LogP contribution in [-0.4, -0.2) is 16.2 Å². The molecule has 20 heavy (non-hydrogen) atoms. The lowest BCUT2D eigenvalue weighted by molar-refractivity contribution is 0.498. The Morgan fingerprint density at radius 3 is 3.00 bits per heavy atom. The number of hydrogen-bond acceptors (Lipinski definition) is 2. The SMILES string of the molecule is CNC1CCCc2cn(CCn3ccccc3=O)cc21. The minimum Gasteiger partial charge on any atom is -0.352 e. The Morgan fingerprint density at radius 1 is 1.30 bits per heavy atom. The van der Waals surface area contributed by atoms with E-state index in [2.05, 4.69) is 22.3 Å². The lowest BCUT2D eigenvalue weighted by Crippen LogP contribution is -2.20. The van der Waals surface area contributed by atoms with Crippen molar-refractivity contribution < 1.29 is 0 Å². The summed E-state index contributed by atoms with van der Waals surface area (Å²) in [6.07, 6.45) is 9.97. The van der Waals surface area contributed by atoms with Crippen LogP contribution in [0.5, 0.6) is 0 Å². The fourth-order valence-corrected chi connectivity index (χ4v) is 3.05. The molecule has 0 spiro atoms.